The normalized spacial score (nSPS) is 14.1. The molecular formula is C8H12N4. The zero-order valence-corrected chi connectivity index (χ0v) is 7.09. The summed E-state index contributed by atoms with van der Waals surface area (Å²) in [7, 11) is 1.92. The van der Waals surface area contributed by atoms with Crippen LogP contribution in [0.25, 0.3) is 0 Å². The second-order valence-corrected chi connectivity index (χ2v) is 2.85. The predicted octanol–water partition coefficient (Wildman–Crippen LogP) is 0.164. The van der Waals surface area contributed by atoms with E-state index >= 15 is 0 Å². The summed E-state index contributed by atoms with van der Waals surface area (Å²) in [4.78, 5) is 8.40. The molecule has 0 bridgehead atoms. The highest BCUT2D eigenvalue weighted by Gasteiger charge is 2.15. The average Bonchev–Trinajstić information content (AvgIpc) is 2.53. The van der Waals surface area contributed by atoms with Gasteiger partial charge in [-0.1, -0.05) is 0 Å². The zero-order valence-electron chi connectivity index (χ0n) is 7.09. The van der Waals surface area contributed by atoms with Crippen molar-refractivity contribution in [2.24, 2.45) is 0 Å². The number of nitrogens with one attached hydrogen (secondary N) is 2. The number of aromatic nitrogens is 2. The number of rotatable bonds is 2. The Bertz CT molecular complexity index is 284. The molecule has 0 spiro atoms. The van der Waals surface area contributed by atoms with Gasteiger partial charge in [-0.3, -0.25) is 0 Å². The summed E-state index contributed by atoms with van der Waals surface area (Å²) < 4.78 is 0. The Labute approximate surface area is 71.4 Å². The van der Waals surface area contributed by atoms with Crippen LogP contribution in [0, 0.1) is 0 Å². The molecule has 0 aliphatic carbocycles. The van der Waals surface area contributed by atoms with E-state index in [1.54, 1.807) is 6.33 Å². The Morgan fingerprint density at radius 2 is 2.50 bits per heavy atom. The first kappa shape index (κ1) is 7.49. The summed E-state index contributed by atoms with van der Waals surface area (Å²) in [5, 5.41) is 6.37. The number of nitrogens with zero attached hydrogens (tertiary/aromatic N) is 2. The third kappa shape index (κ3) is 1.14. The smallest absolute Gasteiger partial charge is 0.116 e. The van der Waals surface area contributed by atoms with E-state index in [0.29, 0.717) is 0 Å². The maximum absolute atomic E-state index is 4.20. The van der Waals surface area contributed by atoms with E-state index in [-0.39, 0.29) is 0 Å². The van der Waals surface area contributed by atoms with Gasteiger partial charge < -0.3 is 10.6 Å². The van der Waals surface area contributed by atoms with Crippen molar-refractivity contribution in [2.75, 3.05) is 18.9 Å². The van der Waals surface area contributed by atoms with Crippen molar-refractivity contribution in [1.82, 2.24) is 15.3 Å². The highest BCUT2D eigenvalue weighted by Crippen LogP contribution is 2.21. The maximum Gasteiger partial charge on any atom is 0.116 e. The molecule has 1 aliphatic rings. The fraction of sp³-hybridized carbons (Fsp3) is 0.500. The van der Waals surface area contributed by atoms with Gasteiger partial charge in [0.1, 0.15) is 6.33 Å². The number of hydrogen-bond acceptors (Lipinski definition) is 4. The second-order valence-electron chi connectivity index (χ2n) is 2.85. The van der Waals surface area contributed by atoms with Crippen molar-refractivity contribution in [2.45, 2.75) is 13.0 Å². The lowest BCUT2D eigenvalue weighted by Crippen LogP contribution is -2.09. The summed E-state index contributed by atoms with van der Waals surface area (Å²) in [5.41, 5.74) is 3.35. The van der Waals surface area contributed by atoms with Crippen LogP contribution < -0.4 is 10.6 Å². The highest BCUT2D eigenvalue weighted by molar-refractivity contribution is 5.55. The van der Waals surface area contributed by atoms with Crippen molar-refractivity contribution in [3.05, 3.63) is 17.7 Å². The molecular weight excluding hydrogens is 152 g/mol. The van der Waals surface area contributed by atoms with E-state index in [1.165, 1.54) is 0 Å². The van der Waals surface area contributed by atoms with Crippen molar-refractivity contribution in [3.8, 4) is 0 Å². The fourth-order valence-corrected chi connectivity index (χ4v) is 1.46. The Balaban J connectivity index is 2.36. The van der Waals surface area contributed by atoms with Crippen LogP contribution in [-0.2, 0) is 13.0 Å². The van der Waals surface area contributed by atoms with Gasteiger partial charge in [0.2, 0.25) is 0 Å². The molecule has 2 N–H and O–H groups in total. The molecule has 12 heavy (non-hydrogen) atoms. The fourth-order valence-electron chi connectivity index (χ4n) is 1.46. The average molecular weight is 164 g/mol. The van der Waals surface area contributed by atoms with Gasteiger partial charge in [0.25, 0.3) is 0 Å². The van der Waals surface area contributed by atoms with Crippen molar-refractivity contribution < 1.29 is 0 Å². The van der Waals surface area contributed by atoms with Crippen LogP contribution in [0.5, 0.6) is 0 Å². The van der Waals surface area contributed by atoms with E-state index in [4.69, 9.17) is 0 Å². The molecule has 4 nitrogen and oxygen atoms in total. The van der Waals surface area contributed by atoms with E-state index in [9.17, 15) is 0 Å². The molecule has 2 heterocycles. The van der Waals surface area contributed by atoms with Crippen molar-refractivity contribution >= 4 is 5.69 Å². The molecule has 0 aromatic carbocycles. The van der Waals surface area contributed by atoms with Crippen molar-refractivity contribution in [1.29, 1.82) is 0 Å². The molecule has 0 saturated heterocycles. The van der Waals surface area contributed by atoms with Crippen LogP contribution in [0.15, 0.2) is 6.33 Å². The lowest BCUT2D eigenvalue weighted by Gasteiger charge is -2.05. The minimum Gasteiger partial charge on any atom is -0.382 e. The van der Waals surface area contributed by atoms with Gasteiger partial charge in [0.05, 0.1) is 17.1 Å². The molecule has 1 aliphatic heterocycles. The van der Waals surface area contributed by atoms with Crippen LogP contribution in [0.4, 0.5) is 5.69 Å². The minimum atomic E-state index is 0.803. The van der Waals surface area contributed by atoms with Gasteiger partial charge in [-0.15, -0.1) is 0 Å². The first-order valence-corrected chi connectivity index (χ1v) is 4.13. The Morgan fingerprint density at radius 1 is 1.58 bits per heavy atom. The standard InChI is InChI=1S/C8H12N4/c1-9-4-7-8-6(2-3-10-8)11-5-12-7/h5,9-10H,2-4H2,1H3. The van der Waals surface area contributed by atoms with E-state index in [0.717, 1.165) is 36.6 Å². The van der Waals surface area contributed by atoms with E-state index in [2.05, 4.69) is 20.6 Å². The lowest BCUT2D eigenvalue weighted by molar-refractivity contribution is 0.787. The Kier molecular flexibility index (Phi) is 1.91. The molecule has 2 rings (SSSR count). The first-order chi connectivity index (χ1) is 5.92. The number of hydrogen-bond donors (Lipinski definition) is 2. The first-order valence-electron chi connectivity index (χ1n) is 4.13. The molecule has 1 aromatic heterocycles. The van der Waals surface area contributed by atoms with Crippen LogP contribution in [0.1, 0.15) is 11.4 Å². The van der Waals surface area contributed by atoms with Crippen LogP contribution in [0.2, 0.25) is 0 Å². The maximum atomic E-state index is 4.20. The lowest BCUT2D eigenvalue weighted by atomic mass is 10.2. The van der Waals surface area contributed by atoms with Crippen LogP contribution in [0.3, 0.4) is 0 Å². The van der Waals surface area contributed by atoms with Gasteiger partial charge in [0.15, 0.2) is 0 Å². The van der Waals surface area contributed by atoms with Gasteiger partial charge in [0, 0.05) is 19.5 Å². The summed E-state index contributed by atoms with van der Waals surface area (Å²) in [6, 6.07) is 0. The third-order valence-electron chi connectivity index (χ3n) is 2.01. The third-order valence-corrected chi connectivity index (χ3v) is 2.01. The summed E-state index contributed by atoms with van der Waals surface area (Å²) in [6.45, 7) is 1.79. The summed E-state index contributed by atoms with van der Waals surface area (Å²) >= 11 is 0. The van der Waals surface area contributed by atoms with Gasteiger partial charge >= 0.3 is 0 Å². The van der Waals surface area contributed by atoms with Gasteiger partial charge in [-0.05, 0) is 7.05 Å². The molecule has 1 aromatic rings. The topological polar surface area (TPSA) is 49.8 Å². The van der Waals surface area contributed by atoms with E-state index in [1.807, 2.05) is 7.05 Å². The molecule has 0 radical (unpaired) electrons. The van der Waals surface area contributed by atoms with E-state index < -0.39 is 0 Å². The van der Waals surface area contributed by atoms with Crippen molar-refractivity contribution in [3.63, 3.8) is 0 Å². The molecule has 4 heteroatoms. The van der Waals surface area contributed by atoms with Gasteiger partial charge in [-0.2, -0.15) is 0 Å². The number of anilines is 1. The molecule has 0 amide bonds. The minimum absolute atomic E-state index is 0.803. The summed E-state index contributed by atoms with van der Waals surface area (Å²) in [6.07, 6.45) is 2.66. The second kappa shape index (κ2) is 3.06. The summed E-state index contributed by atoms with van der Waals surface area (Å²) in [5.74, 6) is 0. The zero-order chi connectivity index (χ0) is 8.39. The Hall–Kier alpha value is -1.16. The molecule has 0 atom stereocenters. The van der Waals surface area contributed by atoms with Crippen LogP contribution in [-0.4, -0.2) is 23.6 Å². The number of fused-ring (bicyclic) bond motifs is 1. The largest absolute Gasteiger partial charge is 0.382 e. The Morgan fingerprint density at radius 3 is 3.33 bits per heavy atom. The molecule has 0 unspecified atom stereocenters. The molecule has 64 valence electrons. The molecule has 0 saturated carbocycles. The highest BCUT2D eigenvalue weighted by atomic mass is 15.0. The van der Waals surface area contributed by atoms with Crippen LogP contribution >= 0.6 is 0 Å². The SMILES string of the molecule is CNCc1ncnc2c1NCC2. The van der Waals surface area contributed by atoms with Gasteiger partial charge in [-0.25, -0.2) is 9.97 Å². The predicted molar refractivity (Wildman–Crippen MR) is 47.0 cm³/mol. The quantitative estimate of drug-likeness (QED) is 0.654. The monoisotopic (exact) mass is 164 g/mol. The molecule has 0 fully saturated rings.